The number of aliphatic carboxylic acids is 1. The molecule has 0 aromatic heterocycles. The molecule has 1 saturated heterocycles. The minimum Gasteiger partial charge on any atom is -0.493 e. The smallest absolute Gasteiger partial charge is 0.341 e. The molecule has 2 aromatic carbocycles. The van der Waals surface area contributed by atoms with Gasteiger partial charge in [-0.2, -0.15) is 0 Å². The van der Waals surface area contributed by atoms with Gasteiger partial charge in [0.05, 0.1) is 12.8 Å². The Labute approximate surface area is 202 Å². The number of methoxy groups -OCH3 is 1. The van der Waals surface area contributed by atoms with Gasteiger partial charge in [0.25, 0.3) is 11.8 Å². The summed E-state index contributed by atoms with van der Waals surface area (Å²) in [5.74, 6) is -1.80. The van der Waals surface area contributed by atoms with Crippen LogP contribution in [0.15, 0.2) is 48.6 Å². The third-order valence-corrected chi connectivity index (χ3v) is 5.24. The Kier molecular flexibility index (Phi) is 7.47. The molecule has 0 atom stereocenters. The SMILES string of the molecule is C=CCc1cc(/C=C2\C(=O)NC(=S)N(c3cc(C)cc(C)c3)C2=O)cc(OC)c1OCC(=O)O. The Hall–Kier alpha value is -3.98. The second-order valence-electron chi connectivity index (χ2n) is 7.69. The number of carbonyl (C=O) groups excluding carboxylic acids is 2. The Morgan fingerprint density at radius 3 is 2.44 bits per heavy atom. The number of benzene rings is 2. The molecule has 2 amide bonds. The number of rotatable bonds is 8. The van der Waals surface area contributed by atoms with Crippen LogP contribution in [0.3, 0.4) is 0 Å². The van der Waals surface area contributed by atoms with Gasteiger partial charge in [0.1, 0.15) is 5.57 Å². The van der Waals surface area contributed by atoms with E-state index in [1.807, 2.05) is 32.0 Å². The zero-order valence-corrected chi connectivity index (χ0v) is 19.8. The highest BCUT2D eigenvalue weighted by atomic mass is 32.1. The molecule has 8 nitrogen and oxygen atoms in total. The normalized spacial score (nSPS) is 14.7. The lowest BCUT2D eigenvalue weighted by Gasteiger charge is -2.29. The maximum Gasteiger partial charge on any atom is 0.341 e. The number of anilines is 1. The predicted molar refractivity (Wildman–Crippen MR) is 132 cm³/mol. The first kappa shape index (κ1) is 24.7. The average molecular weight is 481 g/mol. The van der Waals surface area contributed by atoms with E-state index in [1.54, 1.807) is 18.2 Å². The van der Waals surface area contributed by atoms with Crippen molar-refractivity contribution < 1.29 is 29.0 Å². The third kappa shape index (κ3) is 5.32. The number of ether oxygens (including phenoxy) is 2. The van der Waals surface area contributed by atoms with Gasteiger partial charge in [0.2, 0.25) is 0 Å². The van der Waals surface area contributed by atoms with Crippen LogP contribution in [0, 0.1) is 13.8 Å². The van der Waals surface area contributed by atoms with Gasteiger partial charge in [0.15, 0.2) is 23.2 Å². The molecule has 9 heteroatoms. The minimum atomic E-state index is -1.13. The minimum absolute atomic E-state index is 0.000467. The van der Waals surface area contributed by atoms with Crippen molar-refractivity contribution >= 4 is 46.9 Å². The molecular formula is C25H24N2O6S. The number of carboxylic acids is 1. The highest BCUT2D eigenvalue weighted by Gasteiger charge is 2.34. The molecule has 2 N–H and O–H groups in total. The summed E-state index contributed by atoms with van der Waals surface area (Å²) in [6.45, 7) is 6.98. The molecule has 3 rings (SSSR count). The van der Waals surface area contributed by atoms with E-state index in [4.69, 9.17) is 26.8 Å². The number of thiocarbonyl (C=S) groups is 1. The summed E-state index contributed by atoms with van der Waals surface area (Å²) in [6, 6.07) is 8.84. The molecule has 34 heavy (non-hydrogen) atoms. The molecule has 0 aliphatic carbocycles. The first-order valence-electron chi connectivity index (χ1n) is 10.3. The van der Waals surface area contributed by atoms with Gasteiger partial charge in [0, 0.05) is 5.56 Å². The third-order valence-electron chi connectivity index (χ3n) is 4.96. The van der Waals surface area contributed by atoms with Crippen LogP contribution in [0.25, 0.3) is 6.08 Å². The molecule has 0 saturated carbocycles. The molecule has 1 aliphatic rings. The van der Waals surface area contributed by atoms with E-state index < -0.39 is 24.4 Å². The summed E-state index contributed by atoms with van der Waals surface area (Å²) < 4.78 is 10.8. The summed E-state index contributed by atoms with van der Waals surface area (Å²) in [4.78, 5) is 38.3. The van der Waals surface area contributed by atoms with E-state index in [9.17, 15) is 14.4 Å². The van der Waals surface area contributed by atoms with E-state index >= 15 is 0 Å². The van der Waals surface area contributed by atoms with Crippen molar-refractivity contribution in [3.8, 4) is 11.5 Å². The lowest BCUT2D eigenvalue weighted by atomic mass is 10.0. The van der Waals surface area contributed by atoms with Gasteiger partial charge in [-0.05, 0) is 79.5 Å². The molecule has 176 valence electrons. The Balaban J connectivity index is 2.07. The van der Waals surface area contributed by atoms with Gasteiger partial charge >= 0.3 is 5.97 Å². The monoisotopic (exact) mass is 480 g/mol. The van der Waals surface area contributed by atoms with Crippen LogP contribution in [0.2, 0.25) is 0 Å². The largest absolute Gasteiger partial charge is 0.493 e. The molecule has 0 bridgehead atoms. The Bertz CT molecular complexity index is 1210. The number of amides is 2. The maximum absolute atomic E-state index is 13.4. The molecule has 2 aromatic rings. The van der Waals surface area contributed by atoms with Crippen LogP contribution in [0.4, 0.5) is 5.69 Å². The summed E-state index contributed by atoms with van der Waals surface area (Å²) in [5, 5.41) is 11.5. The number of hydrogen-bond donors (Lipinski definition) is 2. The number of allylic oxidation sites excluding steroid dienone is 1. The number of hydrogen-bond acceptors (Lipinski definition) is 6. The fraction of sp³-hybridized carbons (Fsp3) is 0.200. The van der Waals surface area contributed by atoms with Gasteiger partial charge in [-0.25, -0.2) is 4.79 Å². The van der Waals surface area contributed by atoms with Crippen molar-refractivity contribution in [3.63, 3.8) is 0 Å². The van der Waals surface area contributed by atoms with E-state index in [0.717, 1.165) is 11.1 Å². The fourth-order valence-corrected chi connectivity index (χ4v) is 3.94. The van der Waals surface area contributed by atoms with Gasteiger partial charge in [-0.3, -0.25) is 19.8 Å². The van der Waals surface area contributed by atoms with Crippen LogP contribution in [-0.4, -0.2) is 41.7 Å². The number of nitrogens with zero attached hydrogens (tertiary/aromatic N) is 1. The summed E-state index contributed by atoms with van der Waals surface area (Å²) in [7, 11) is 1.41. The van der Waals surface area contributed by atoms with E-state index in [2.05, 4.69) is 11.9 Å². The molecule has 1 heterocycles. The van der Waals surface area contributed by atoms with Crippen molar-refractivity contribution in [2.75, 3.05) is 18.6 Å². The molecule has 0 spiro atoms. The average Bonchev–Trinajstić information content (AvgIpc) is 2.74. The summed E-state index contributed by atoms with van der Waals surface area (Å²) >= 11 is 5.28. The van der Waals surface area contributed by atoms with Crippen molar-refractivity contribution in [3.05, 3.63) is 70.8 Å². The van der Waals surface area contributed by atoms with Gasteiger partial charge in [-0.1, -0.05) is 12.1 Å². The first-order valence-corrected chi connectivity index (χ1v) is 10.7. The van der Waals surface area contributed by atoms with E-state index in [0.29, 0.717) is 23.2 Å². The number of nitrogens with one attached hydrogen (secondary N) is 1. The summed E-state index contributed by atoms with van der Waals surface area (Å²) in [6.07, 6.45) is 3.41. The second-order valence-corrected chi connectivity index (χ2v) is 8.08. The number of carbonyl (C=O) groups is 3. The van der Waals surface area contributed by atoms with Crippen molar-refractivity contribution in [1.82, 2.24) is 5.32 Å². The van der Waals surface area contributed by atoms with E-state index in [1.165, 1.54) is 18.1 Å². The molecule has 0 radical (unpaired) electrons. The fourth-order valence-electron chi connectivity index (χ4n) is 3.66. The second kappa shape index (κ2) is 10.3. The van der Waals surface area contributed by atoms with Crippen LogP contribution in [0.5, 0.6) is 11.5 Å². The van der Waals surface area contributed by atoms with Crippen LogP contribution < -0.4 is 19.7 Å². The summed E-state index contributed by atoms with van der Waals surface area (Å²) in [5.41, 5.74) is 3.42. The molecule has 0 unspecified atom stereocenters. The Morgan fingerprint density at radius 1 is 1.18 bits per heavy atom. The van der Waals surface area contributed by atoms with Gasteiger partial charge in [-0.15, -0.1) is 6.58 Å². The highest BCUT2D eigenvalue weighted by molar-refractivity contribution is 7.80. The number of aryl methyl sites for hydroxylation is 2. The molecular weight excluding hydrogens is 456 g/mol. The van der Waals surface area contributed by atoms with Crippen LogP contribution >= 0.6 is 12.2 Å². The Morgan fingerprint density at radius 2 is 1.85 bits per heavy atom. The topological polar surface area (TPSA) is 105 Å². The lowest BCUT2D eigenvalue weighted by molar-refractivity contribution is -0.139. The zero-order chi connectivity index (χ0) is 25.0. The zero-order valence-electron chi connectivity index (χ0n) is 19.0. The van der Waals surface area contributed by atoms with E-state index in [-0.39, 0.29) is 22.2 Å². The van der Waals surface area contributed by atoms with Gasteiger partial charge < -0.3 is 14.6 Å². The van der Waals surface area contributed by atoms with Crippen LogP contribution in [0.1, 0.15) is 22.3 Å². The van der Waals surface area contributed by atoms with Crippen LogP contribution in [-0.2, 0) is 20.8 Å². The molecule has 1 aliphatic heterocycles. The quantitative estimate of drug-likeness (QED) is 0.258. The maximum atomic E-state index is 13.4. The lowest BCUT2D eigenvalue weighted by Crippen LogP contribution is -2.54. The standard InChI is InChI=1S/C25H24N2O6S/c1-5-6-17-10-16(12-20(32-4)22(17)33-13-21(28)29)11-19-23(30)26-25(34)27(24(19)31)18-8-14(2)7-15(3)9-18/h5,7-12H,1,6,13H2,2-4H3,(H,28,29)(H,26,30,34)/b19-11+. The first-order chi connectivity index (χ1) is 16.1. The van der Waals surface area contributed by atoms with Crippen molar-refractivity contribution in [2.24, 2.45) is 0 Å². The van der Waals surface area contributed by atoms with Crippen molar-refractivity contribution in [1.29, 1.82) is 0 Å². The highest BCUT2D eigenvalue weighted by Crippen LogP contribution is 2.35. The van der Waals surface area contributed by atoms with Crippen molar-refractivity contribution in [2.45, 2.75) is 20.3 Å². The predicted octanol–water partition coefficient (Wildman–Crippen LogP) is 3.34. The number of carboxylic acid groups (broad SMARTS) is 1. The molecule has 1 fully saturated rings.